The van der Waals surface area contributed by atoms with E-state index in [4.69, 9.17) is 0 Å². The molecule has 1 amide bonds. The number of rotatable bonds is 3. The van der Waals surface area contributed by atoms with Crippen molar-refractivity contribution in [3.8, 4) is 0 Å². The summed E-state index contributed by atoms with van der Waals surface area (Å²) < 4.78 is 4.55. The Bertz CT molecular complexity index is 336. The van der Waals surface area contributed by atoms with Gasteiger partial charge < -0.3 is 10.1 Å². The number of hydrogen-bond donors (Lipinski definition) is 2. The molecule has 2 fully saturated rings. The largest absolute Gasteiger partial charge is 0.462 e. The van der Waals surface area contributed by atoms with E-state index in [1.165, 1.54) is 0 Å². The molecule has 0 aliphatic carbocycles. The molecule has 0 saturated carbocycles. The zero-order valence-electron chi connectivity index (χ0n) is 13.6. The molecule has 122 valence electrons. The van der Waals surface area contributed by atoms with Crippen molar-refractivity contribution in [1.82, 2.24) is 15.8 Å². The predicted molar refractivity (Wildman–Crippen MR) is 81.5 cm³/mol. The average Bonchev–Trinajstić information content (AvgIpc) is 2.80. The topological polar surface area (TPSA) is 70.7 Å². The highest BCUT2D eigenvalue weighted by molar-refractivity contribution is 5.78. The van der Waals surface area contributed by atoms with Crippen molar-refractivity contribution in [3.63, 3.8) is 0 Å². The standard InChI is InChI=1S/C10H19N3O.C5H10O2/c1-2-8-7-10(14)12-13(8)9-3-5-11-6-4-9;1-5(2,3)7-4-6/h8-9,11H,2-7H2,1H3,(H,12,14);4H,1-3H3. The van der Waals surface area contributed by atoms with E-state index in [1.807, 2.05) is 20.8 Å². The van der Waals surface area contributed by atoms with Crippen molar-refractivity contribution in [3.05, 3.63) is 0 Å². The molecule has 6 heteroatoms. The highest BCUT2D eigenvalue weighted by atomic mass is 16.5. The molecule has 0 spiro atoms. The maximum absolute atomic E-state index is 11.3. The van der Waals surface area contributed by atoms with Crippen molar-refractivity contribution in [2.75, 3.05) is 13.1 Å². The number of ether oxygens (including phenoxy) is 1. The van der Waals surface area contributed by atoms with Crippen molar-refractivity contribution in [2.45, 2.75) is 71.1 Å². The molecule has 0 aromatic rings. The highest BCUT2D eigenvalue weighted by Crippen LogP contribution is 2.21. The minimum absolute atomic E-state index is 0.190. The van der Waals surface area contributed by atoms with E-state index in [0.717, 1.165) is 32.4 Å². The molecule has 2 aliphatic heterocycles. The summed E-state index contributed by atoms with van der Waals surface area (Å²) in [4.78, 5) is 20.9. The van der Waals surface area contributed by atoms with Crippen LogP contribution in [0.25, 0.3) is 0 Å². The lowest BCUT2D eigenvalue weighted by molar-refractivity contribution is -0.138. The van der Waals surface area contributed by atoms with Gasteiger partial charge in [0.25, 0.3) is 6.47 Å². The van der Waals surface area contributed by atoms with Gasteiger partial charge in [0.15, 0.2) is 0 Å². The maximum atomic E-state index is 11.3. The van der Waals surface area contributed by atoms with Crippen LogP contribution in [0.5, 0.6) is 0 Å². The van der Waals surface area contributed by atoms with Gasteiger partial charge in [-0.25, -0.2) is 5.01 Å². The molecule has 0 radical (unpaired) electrons. The molecule has 2 aliphatic rings. The lowest BCUT2D eigenvalue weighted by Gasteiger charge is -2.34. The van der Waals surface area contributed by atoms with Crippen LogP contribution in [0.3, 0.4) is 0 Å². The Morgan fingerprint density at radius 1 is 1.33 bits per heavy atom. The summed E-state index contributed by atoms with van der Waals surface area (Å²) in [6, 6.07) is 0.971. The van der Waals surface area contributed by atoms with Gasteiger partial charge in [-0.3, -0.25) is 15.0 Å². The average molecular weight is 299 g/mol. The SMILES string of the molecule is CC(C)(C)OC=O.CCC1CC(=O)NN1C1CCNCC1. The molecule has 0 aromatic carbocycles. The summed E-state index contributed by atoms with van der Waals surface area (Å²) >= 11 is 0. The predicted octanol–water partition coefficient (Wildman–Crippen LogP) is 1.21. The van der Waals surface area contributed by atoms with E-state index in [2.05, 4.69) is 27.4 Å². The van der Waals surface area contributed by atoms with Crippen LogP contribution in [0, 0.1) is 0 Å². The second-order valence-corrected chi connectivity index (χ2v) is 6.52. The second kappa shape index (κ2) is 8.34. The number of piperidine rings is 1. The van der Waals surface area contributed by atoms with Gasteiger partial charge in [0.2, 0.25) is 5.91 Å². The molecule has 6 nitrogen and oxygen atoms in total. The van der Waals surface area contributed by atoms with E-state index in [1.54, 1.807) is 0 Å². The van der Waals surface area contributed by atoms with Gasteiger partial charge in [-0.05, 0) is 53.1 Å². The number of hydrazine groups is 1. The molecule has 0 aromatic heterocycles. The summed E-state index contributed by atoms with van der Waals surface area (Å²) in [5, 5.41) is 5.54. The quantitative estimate of drug-likeness (QED) is 0.767. The molecular weight excluding hydrogens is 270 g/mol. The zero-order valence-corrected chi connectivity index (χ0v) is 13.6. The van der Waals surface area contributed by atoms with Crippen LogP contribution >= 0.6 is 0 Å². The third-order valence-corrected chi connectivity index (χ3v) is 3.64. The van der Waals surface area contributed by atoms with E-state index < -0.39 is 0 Å². The zero-order chi connectivity index (χ0) is 15.9. The normalized spacial score (nSPS) is 24.0. The first kappa shape index (κ1) is 17.9. The van der Waals surface area contributed by atoms with Crippen LogP contribution in [0.15, 0.2) is 0 Å². The number of nitrogens with zero attached hydrogens (tertiary/aromatic N) is 1. The third-order valence-electron chi connectivity index (χ3n) is 3.64. The molecule has 2 N–H and O–H groups in total. The van der Waals surface area contributed by atoms with E-state index in [9.17, 15) is 9.59 Å². The molecule has 2 rings (SSSR count). The Labute approximate surface area is 127 Å². The van der Waals surface area contributed by atoms with Crippen LogP contribution < -0.4 is 10.7 Å². The number of carbonyl (C=O) groups excluding carboxylic acids is 2. The fourth-order valence-electron chi connectivity index (χ4n) is 2.55. The smallest absolute Gasteiger partial charge is 0.293 e. The Morgan fingerprint density at radius 3 is 2.38 bits per heavy atom. The van der Waals surface area contributed by atoms with Crippen LogP contribution in [-0.4, -0.2) is 48.2 Å². The van der Waals surface area contributed by atoms with Crippen LogP contribution in [0.4, 0.5) is 0 Å². The molecule has 1 unspecified atom stereocenters. The first-order chi connectivity index (χ1) is 9.87. The molecule has 2 saturated heterocycles. The molecule has 21 heavy (non-hydrogen) atoms. The fourth-order valence-corrected chi connectivity index (χ4v) is 2.55. The van der Waals surface area contributed by atoms with Crippen LogP contribution in [0.2, 0.25) is 0 Å². The number of nitrogens with one attached hydrogen (secondary N) is 2. The second-order valence-electron chi connectivity index (χ2n) is 6.52. The van der Waals surface area contributed by atoms with Gasteiger partial charge in [-0.2, -0.15) is 0 Å². The summed E-state index contributed by atoms with van der Waals surface area (Å²) in [5.74, 6) is 0.190. The van der Waals surface area contributed by atoms with Crippen molar-refractivity contribution >= 4 is 12.4 Å². The van der Waals surface area contributed by atoms with Gasteiger partial charge >= 0.3 is 0 Å². The number of carbonyl (C=O) groups is 2. The van der Waals surface area contributed by atoms with Crippen molar-refractivity contribution < 1.29 is 14.3 Å². The van der Waals surface area contributed by atoms with E-state index >= 15 is 0 Å². The van der Waals surface area contributed by atoms with Crippen LogP contribution in [-0.2, 0) is 14.3 Å². The summed E-state index contributed by atoms with van der Waals surface area (Å²) in [6.07, 6.45) is 4.04. The van der Waals surface area contributed by atoms with Crippen LogP contribution in [0.1, 0.15) is 53.4 Å². The van der Waals surface area contributed by atoms with Gasteiger partial charge in [0, 0.05) is 18.5 Å². The highest BCUT2D eigenvalue weighted by Gasteiger charge is 2.34. The minimum atomic E-state index is -0.318. The van der Waals surface area contributed by atoms with Gasteiger partial charge in [0.1, 0.15) is 5.60 Å². The Hall–Kier alpha value is -1.14. The lowest BCUT2D eigenvalue weighted by Crippen LogP contribution is -2.50. The third kappa shape index (κ3) is 6.44. The Kier molecular flexibility index (Phi) is 7.11. The van der Waals surface area contributed by atoms with Gasteiger partial charge in [-0.1, -0.05) is 6.92 Å². The molecule has 1 atom stereocenters. The maximum Gasteiger partial charge on any atom is 0.293 e. The minimum Gasteiger partial charge on any atom is -0.462 e. The molecule has 2 heterocycles. The summed E-state index contributed by atoms with van der Waals surface area (Å²) in [6.45, 7) is 10.2. The monoisotopic (exact) mass is 299 g/mol. The Morgan fingerprint density at radius 2 is 1.95 bits per heavy atom. The summed E-state index contributed by atoms with van der Waals surface area (Å²) in [5.41, 5.74) is 2.67. The van der Waals surface area contributed by atoms with Gasteiger partial charge in [-0.15, -0.1) is 0 Å². The fraction of sp³-hybridized carbons (Fsp3) is 0.867. The number of amides is 1. The first-order valence-corrected chi connectivity index (χ1v) is 7.77. The van der Waals surface area contributed by atoms with Crippen molar-refractivity contribution in [2.24, 2.45) is 0 Å². The van der Waals surface area contributed by atoms with E-state index in [-0.39, 0.29) is 11.5 Å². The van der Waals surface area contributed by atoms with Gasteiger partial charge in [0.05, 0.1) is 0 Å². The molecular formula is C15H29N3O3. The number of hydrogen-bond acceptors (Lipinski definition) is 5. The molecule has 0 bridgehead atoms. The lowest BCUT2D eigenvalue weighted by atomic mass is 10.0. The Balaban J connectivity index is 0.000000270. The van der Waals surface area contributed by atoms with E-state index in [0.29, 0.717) is 25.0 Å². The summed E-state index contributed by atoms with van der Waals surface area (Å²) in [7, 11) is 0. The van der Waals surface area contributed by atoms with Crippen molar-refractivity contribution in [1.29, 1.82) is 0 Å². The first-order valence-electron chi connectivity index (χ1n) is 7.77.